The summed E-state index contributed by atoms with van der Waals surface area (Å²) in [6, 6.07) is 0.594. The summed E-state index contributed by atoms with van der Waals surface area (Å²) >= 11 is 0. The fourth-order valence-corrected chi connectivity index (χ4v) is 2.27. The van der Waals surface area contributed by atoms with Crippen molar-refractivity contribution >= 4 is 5.97 Å². The average Bonchev–Trinajstić information content (AvgIpc) is 2.40. The first-order valence-electron chi connectivity index (χ1n) is 4.24. The smallest absolute Gasteiger partial charge is 0.307 e. The Balaban J connectivity index is 1.99. The molecule has 1 N–H and O–H groups in total. The molecule has 2 saturated heterocycles. The molecule has 0 unspecified atom stereocenters. The Morgan fingerprint density at radius 2 is 2.36 bits per heavy atom. The van der Waals surface area contributed by atoms with E-state index < -0.39 is 5.97 Å². The highest BCUT2D eigenvalue weighted by molar-refractivity contribution is 5.70. The number of rotatable bonds is 1. The molecule has 2 fully saturated rings. The summed E-state index contributed by atoms with van der Waals surface area (Å²) < 4.78 is 0. The van der Waals surface area contributed by atoms with Gasteiger partial charge in [0.05, 0.1) is 5.92 Å². The summed E-state index contributed by atoms with van der Waals surface area (Å²) in [6.45, 7) is 1.91. The van der Waals surface area contributed by atoms with Crippen LogP contribution in [0.5, 0.6) is 0 Å². The highest BCUT2D eigenvalue weighted by Gasteiger charge is 2.38. The predicted molar refractivity (Wildman–Crippen MR) is 40.3 cm³/mol. The van der Waals surface area contributed by atoms with E-state index >= 15 is 0 Å². The number of hydrogen-bond acceptors (Lipinski definition) is 2. The number of aliphatic carboxylic acids is 1. The third kappa shape index (κ3) is 1.13. The first-order valence-corrected chi connectivity index (χ1v) is 4.24. The third-order valence-corrected chi connectivity index (χ3v) is 2.86. The lowest BCUT2D eigenvalue weighted by molar-refractivity contribution is -0.141. The van der Waals surface area contributed by atoms with E-state index in [-0.39, 0.29) is 5.92 Å². The van der Waals surface area contributed by atoms with Crippen molar-refractivity contribution in [2.75, 3.05) is 13.1 Å². The maximum Gasteiger partial charge on any atom is 0.307 e. The molecule has 3 nitrogen and oxygen atoms in total. The van der Waals surface area contributed by atoms with Crippen LogP contribution in [0.3, 0.4) is 0 Å². The van der Waals surface area contributed by atoms with E-state index in [1.54, 1.807) is 0 Å². The molecule has 11 heavy (non-hydrogen) atoms. The average molecular weight is 155 g/mol. The lowest BCUT2D eigenvalue weighted by atomic mass is 10.0. The third-order valence-electron chi connectivity index (χ3n) is 2.86. The molecule has 0 saturated carbocycles. The summed E-state index contributed by atoms with van der Waals surface area (Å²) in [6.07, 6.45) is 3.36. The van der Waals surface area contributed by atoms with Gasteiger partial charge in [-0.1, -0.05) is 0 Å². The molecular formula is C8H13NO2. The topological polar surface area (TPSA) is 40.5 Å². The van der Waals surface area contributed by atoms with Crippen LogP contribution in [0.1, 0.15) is 19.3 Å². The minimum Gasteiger partial charge on any atom is -0.481 e. The Morgan fingerprint density at radius 3 is 3.00 bits per heavy atom. The van der Waals surface area contributed by atoms with Gasteiger partial charge in [-0.25, -0.2) is 0 Å². The SMILES string of the molecule is O=C(O)[C@H]1C[C@H]2CCCN2C1. The van der Waals surface area contributed by atoms with Crippen molar-refractivity contribution in [3.8, 4) is 0 Å². The van der Waals surface area contributed by atoms with Crippen LogP contribution in [0, 0.1) is 5.92 Å². The molecule has 0 radical (unpaired) electrons. The van der Waals surface area contributed by atoms with Crippen LogP contribution in [0.2, 0.25) is 0 Å². The molecule has 0 amide bonds. The number of carboxylic acid groups (broad SMARTS) is 1. The van der Waals surface area contributed by atoms with Crippen LogP contribution in [0.15, 0.2) is 0 Å². The second-order valence-electron chi connectivity index (χ2n) is 3.56. The molecule has 2 rings (SSSR count). The standard InChI is InChI=1S/C8H13NO2/c10-8(11)6-4-7-2-1-3-9(7)5-6/h6-7H,1-5H2,(H,10,11)/t6-,7+/m0/s1. The highest BCUT2D eigenvalue weighted by atomic mass is 16.4. The molecule has 0 bridgehead atoms. The van der Waals surface area contributed by atoms with Crippen LogP contribution in [0.25, 0.3) is 0 Å². The van der Waals surface area contributed by atoms with Gasteiger partial charge in [0.25, 0.3) is 0 Å². The summed E-state index contributed by atoms with van der Waals surface area (Å²) in [5.74, 6) is -0.695. The molecule has 0 aromatic carbocycles. The lowest BCUT2D eigenvalue weighted by Crippen LogP contribution is -2.23. The molecule has 2 atom stereocenters. The van der Waals surface area contributed by atoms with Crippen molar-refractivity contribution in [1.82, 2.24) is 4.90 Å². The molecule has 2 aliphatic rings. The van der Waals surface area contributed by atoms with Crippen LogP contribution < -0.4 is 0 Å². The Bertz CT molecular complexity index is 169. The van der Waals surface area contributed by atoms with Crippen LogP contribution >= 0.6 is 0 Å². The minimum absolute atomic E-state index is 0.0831. The molecule has 3 heteroatoms. The predicted octanol–water partition coefficient (Wildman–Crippen LogP) is 0.555. The van der Waals surface area contributed by atoms with E-state index in [2.05, 4.69) is 4.90 Å². The monoisotopic (exact) mass is 155 g/mol. The zero-order chi connectivity index (χ0) is 7.84. The van der Waals surface area contributed by atoms with Gasteiger partial charge in [-0.3, -0.25) is 9.69 Å². The van der Waals surface area contributed by atoms with Crippen molar-refractivity contribution in [2.24, 2.45) is 5.92 Å². The second kappa shape index (κ2) is 2.48. The molecule has 0 aromatic heterocycles. The molecule has 0 aliphatic carbocycles. The maximum atomic E-state index is 10.6. The van der Waals surface area contributed by atoms with E-state index in [4.69, 9.17) is 5.11 Å². The number of carbonyl (C=O) groups is 1. The van der Waals surface area contributed by atoms with E-state index in [1.165, 1.54) is 12.8 Å². The first kappa shape index (κ1) is 7.10. The second-order valence-corrected chi connectivity index (χ2v) is 3.56. The quantitative estimate of drug-likeness (QED) is 0.601. The van der Waals surface area contributed by atoms with Gasteiger partial charge >= 0.3 is 5.97 Å². The molecule has 2 heterocycles. The fraction of sp³-hybridized carbons (Fsp3) is 0.875. The maximum absolute atomic E-state index is 10.6. The molecule has 62 valence electrons. The first-order chi connectivity index (χ1) is 5.27. The number of fused-ring (bicyclic) bond motifs is 1. The summed E-state index contributed by atoms with van der Waals surface area (Å²) in [5, 5.41) is 8.74. The highest BCUT2D eigenvalue weighted by Crippen LogP contribution is 2.31. The molecular weight excluding hydrogens is 142 g/mol. The summed E-state index contributed by atoms with van der Waals surface area (Å²) in [7, 11) is 0. The largest absolute Gasteiger partial charge is 0.481 e. The van der Waals surface area contributed by atoms with Gasteiger partial charge in [0.1, 0.15) is 0 Å². The lowest BCUT2D eigenvalue weighted by Gasteiger charge is -2.12. The van der Waals surface area contributed by atoms with Crippen LogP contribution in [-0.4, -0.2) is 35.1 Å². The van der Waals surface area contributed by atoms with E-state index in [0.29, 0.717) is 6.04 Å². The van der Waals surface area contributed by atoms with Gasteiger partial charge in [-0.15, -0.1) is 0 Å². The summed E-state index contributed by atoms with van der Waals surface area (Å²) in [5.41, 5.74) is 0. The van der Waals surface area contributed by atoms with E-state index in [1.807, 2.05) is 0 Å². The van der Waals surface area contributed by atoms with Crippen molar-refractivity contribution in [3.63, 3.8) is 0 Å². The van der Waals surface area contributed by atoms with Crippen LogP contribution in [-0.2, 0) is 4.79 Å². The van der Waals surface area contributed by atoms with Crippen molar-refractivity contribution in [1.29, 1.82) is 0 Å². The van der Waals surface area contributed by atoms with E-state index in [0.717, 1.165) is 19.5 Å². The van der Waals surface area contributed by atoms with Crippen molar-refractivity contribution in [3.05, 3.63) is 0 Å². The van der Waals surface area contributed by atoms with Gasteiger partial charge in [0.2, 0.25) is 0 Å². The zero-order valence-corrected chi connectivity index (χ0v) is 6.49. The molecule has 0 aromatic rings. The number of carboxylic acids is 1. The summed E-state index contributed by atoms with van der Waals surface area (Å²) in [4.78, 5) is 12.9. The van der Waals surface area contributed by atoms with Crippen molar-refractivity contribution < 1.29 is 9.90 Å². The normalized spacial score (nSPS) is 37.5. The Morgan fingerprint density at radius 1 is 1.55 bits per heavy atom. The molecule has 0 spiro atoms. The Kier molecular flexibility index (Phi) is 1.60. The Labute approximate surface area is 66.0 Å². The van der Waals surface area contributed by atoms with E-state index in [9.17, 15) is 4.79 Å². The van der Waals surface area contributed by atoms with Crippen molar-refractivity contribution in [2.45, 2.75) is 25.3 Å². The fourth-order valence-electron chi connectivity index (χ4n) is 2.27. The number of hydrogen-bond donors (Lipinski definition) is 1. The Hall–Kier alpha value is -0.570. The van der Waals surface area contributed by atoms with Crippen LogP contribution in [0.4, 0.5) is 0 Å². The molecule has 2 aliphatic heterocycles. The van der Waals surface area contributed by atoms with Gasteiger partial charge in [-0.2, -0.15) is 0 Å². The minimum atomic E-state index is -0.612. The number of nitrogens with zero attached hydrogens (tertiary/aromatic N) is 1. The van der Waals surface area contributed by atoms with Gasteiger partial charge in [0.15, 0.2) is 0 Å². The zero-order valence-electron chi connectivity index (χ0n) is 6.49. The van der Waals surface area contributed by atoms with Gasteiger partial charge < -0.3 is 5.11 Å². The van der Waals surface area contributed by atoms with Gasteiger partial charge in [-0.05, 0) is 25.8 Å². The van der Waals surface area contributed by atoms with Gasteiger partial charge in [0, 0.05) is 12.6 Å².